The van der Waals surface area contributed by atoms with Crippen LogP contribution >= 0.6 is 0 Å². The molecule has 11 rings (SSSR count). The van der Waals surface area contributed by atoms with E-state index in [1.54, 1.807) is 0 Å². The minimum Gasteiger partial charge on any atom is -0.0149 e. The number of imidazole rings is 1. The van der Waals surface area contributed by atoms with E-state index in [0.717, 1.165) is 45.0 Å². The maximum Gasteiger partial charge on any atom is -0.0149 e. The first-order valence-corrected chi connectivity index (χ1v) is 22.2. The summed E-state index contributed by atoms with van der Waals surface area (Å²) < 4.78 is 15.3. The Hall–Kier alpha value is -6.55. The van der Waals surface area contributed by atoms with Crippen LogP contribution in [-0.4, -0.2) is 18.7 Å². The number of nitrogens with zero attached hydrogens (tertiary/aromatic N) is 4. The summed E-state index contributed by atoms with van der Waals surface area (Å²) in [5.74, 6) is 2.54. The summed E-state index contributed by atoms with van der Waals surface area (Å²) in [5.41, 5.74) is 14.5. The molecule has 300 valence electrons. The molecule has 3 heterocycles. The van der Waals surface area contributed by atoms with Crippen LogP contribution in [0.3, 0.4) is 0 Å². The molecule has 5 nitrogen and oxygen atoms in total. The van der Waals surface area contributed by atoms with Crippen LogP contribution in [0.15, 0.2) is 182 Å². The minimum atomic E-state index is -0.000795. The van der Waals surface area contributed by atoms with Crippen molar-refractivity contribution in [2.45, 2.75) is 45.1 Å². The number of rotatable bonds is 7. The van der Waals surface area contributed by atoms with Crippen LogP contribution in [0.25, 0.3) is 66.6 Å². The molecule has 61 heavy (non-hydrogen) atoms. The molecule has 6 heteroatoms. The summed E-state index contributed by atoms with van der Waals surface area (Å²) in [6.07, 6.45) is 3.94. The molecule has 0 bridgehead atoms. The molecule has 0 fully saturated rings. The van der Waals surface area contributed by atoms with Gasteiger partial charge in [-0.3, -0.25) is 0 Å². The first-order valence-electron chi connectivity index (χ1n) is 21.0. The van der Waals surface area contributed by atoms with Crippen LogP contribution in [0, 0.1) is 3.80 Å². The summed E-state index contributed by atoms with van der Waals surface area (Å²) in [7, 11) is 0. The fourth-order valence-electron chi connectivity index (χ4n) is 9.42. The van der Waals surface area contributed by atoms with Gasteiger partial charge < -0.3 is 0 Å². The van der Waals surface area contributed by atoms with Gasteiger partial charge in [0.25, 0.3) is 0 Å². The van der Waals surface area contributed by atoms with Crippen molar-refractivity contribution in [3.05, 3.63) is 203 Å². The number of pyridine rings is 1. The summed E-state index contributed by atoms with van der Waals surface area (Å²) >= 11 is 2.58. The summed E-state index contributed by atoms with van der Waals surface area (Å²) in [6, 6.07) is 63.4. The van der Waals surface area contributed by atoms with Crippen LogP contribution in [0.4, 0.5) is 0 Å². The van der Waals surface area contributed by atoms with E-state index in [4.69, 9.17) is 9.72 Å². The molecule has 0 radical (unpaired) electrons. The molecular weight excluding hydrogens is 928 g/mol. The number of aryl methyl sites for hydroxylation is 1. The van der Waals surface area contributed by atoms with Crippen LogP contribution in [0.5, 0.6) is 11.5 Å². The van der Waals surface area contributed by atoms with Gasteiger partial charge in [-0.15, -0.1) is 0 Å². The standard InChI is InChI=1S/C55H44N4O.Pt/c1-55(2,3)40-31-32-56-53(33-40)59-49-22-11-10-19-45(49)46-29-28-42(35-52(46)59)60-41-27-25-39-26-30-48(47(39)34-41)57-36-58(51-24-13-12-23-50(51)57)54-43(37-15-6-4-7-16-37)20-14-21-44(54)38-17-8-5-9-18-38;/h4-25,27-29,31-35,48H,26,30H2,1-3H3;. The number of fused-ring (bicyclic) bond motifs is 5. The number of para-hydroxylation sites is 4. The zero-order valence-electron chi connectivity index (χ0n) is 34.3. The number of ether oxygens (including phenoxy) is 1. The number of benzene rings is 7. The Kier molecular flexibility index (Phi) is 9.13. The zero-order chi connectivity index (χ0) is 41.2. The van der Waals surface area contributed by atoms with E-state index in [0.29, 0.717) is 0 Å². The third-order valence-electron chi connectivity index (χ3n) is 12.4. The first-order chi connectivity index (χ1) is 29.8. The number of aromatic nitrogens is 4. The minimum absolute atomic E-state index is 0.000795. The molecule has 1 unspecified atom stereocenters. The Morgan fingerprint density at radius 1 is 0.574 bits per heavy atom. The molecule has 0 saturated heterocycles. The van der Waals surface area contributed by atoms with Crippen LogP contribution in [0.2, 0.25) is 0 Å². The maximum absolute atomic E-state index is 6.83. The zero-order valence-corrected chi connectivity index (χ0v) is 36.6. The Bertz CT molecular complexity index is 3290. The van der Waals surface area contributed by atoms with Crippen molar-refractivity contribution in [2.24, 2.45) is 0 Å². The molecule has 3 aromatic heterocycles. The Balaban J connectivity index is 1.02. The summed E-state index contributed by atoms with van der Waals surface area (Å²) in [5, 5.41) is 2.37. The Labute approximate surface area is 366 Å². The Morgan fingerprint density at radius 2 is 1.20 bits per heavy atom. The quantitative estimate of drug-likeness (QED) is 0.160. The average Bonchev–Trinajstić information content (AvgIpc) is 3.95. The molecular formula is C55H44N4OPt. The van der Waals surface area contributed by atoms with E-state index in [-0.39, 0.29) is 11.5 Å². The third-order valence-corrected chi connectivity index (χ3v) is 13.4. The molecule has 0 spiro atoms. The smallest absolute Gasteiger partial charge is 0.0149 e. The van der Waals surface area contributed by atoms with Crippen molar-refractivity contribution in [3.8, 4) is 45.3 Å². The van der Waals surface area contributed by atoms with Gasteiger partial charge >= 0.3 is 289 Å². The number of hydrogen-bond donors (Lipinski definition) is 0. The average molecular weight is 972 g/mol. The first kappa shape index (κ1) is 37.4. The molecule has 7 aromatic carbocycles. The topological polar surface area (TPSA) is 36.9 Å². The monoisotopic (exact) mass is 971 g/mol. The molecule has 1 aliphatic rings. The van der Waals surface area contributed by atoms with Gasteiger partial charge in [-0.2, -0.15) is 0 Å². The fourth-order valence-corrected chi connectivity index (χ4v) is 10.6. The van der Waals surface area contributed by atoms with Crippen LogP contribution in [0.1, 0.15) is 49.9 Å². The van der Waals surface area contributed by atoms with Gasteiger partial charge in [-0.05, 0) is 29.2 Å². The largest absolute Gasteiger partial charge is 0.0149 e. The summed E-state index contributed by atoms with van der Waals surface area (Å²) in [4.78, 5) is 4.89. The van der Waals surface area contributed by atoms with E-state index in [9.17, 15) is 0 Å². The van der Waals surface area contributed by atoms with Crippen LogP contribution in [-0.2, 0) is 31.2 Å². The van der Waals surface area contributed by atoms with E-state index in [2.05, 4.69) is 230 Å². The second kappa shape index (κ2) is 14.9. The predicted molar refractivity (Wildman–Crippen MR) is 246 cm³/mol. The van der Waals surface area contributed by atoms with Crippen LogP contribution < -0.4 is 4.74 Å². The molecule has 0 saturated carbocycles. The SMILES string of the molecule is CC(C)(C)c1ccnc(-n2c3ccccc3c3ccc(Oc4ccc5c(c4)C(n4[c](=[Pt])n(-c6c(-c7ccccc7)cccc6-c6ccccc6)c6ccccc64)CC5)cc32)c1. The van der Waals surface area contributed by atoms with Gasteiger partial charge in [-0.25, -0.2) is 4.98 Å². The van der Waals surface area contributed by atoms with E-state index in [1.165, 1.54) is 66.4 Å². The molecule has 1 atom stereocenters. The van der Waals surface area contributed by atoms with E-state index < -0.39 is 0 Å². The van der Waals surface area contributed by atoms with Crippen molar-refractivity contribution in [2.75, 3.05) is 0 Å². The van der Waals surface area contributed by atoms with Crippen molar-refractivity contribution >= 4 is 32.8 Å². The normalized spacial score (nSPS) is 14.0. The second-order valence-electron chi connectivity index (χ2n) is 17.1. The van der Waals surface area contributed by atoms with Gasteiger partial charge in [-0.1, -0.05) is 39.0 Å². The Morgan fingerprint density at radius 3 is 1.92 bits per heavy atom. The third kappa shape index (κ3) is 6.42. The van der Waals surface area contributed by atoms with E-state index in [1.807, 2.05) is 6.20 Å². The van der Waals surface area contributed by atoms with Gasteiger partial charge in [0, 0.05) is 6.20 Å². The predicted octanol–water partition coefficient (Wildman–Crippen LogP) is 14.0. The van der Waals surface area contributed by atoms with Crippen molar-refractivity contribution < 1.29 is 24.1 Å². The second-order valence-corrected chi connectivity index (χ2v) is 18.1. The molecule has 0 amide bonds. The fraction of sp³-hybridized carbons (Fsp3) is 0.127. The molecule has 0 aliphatic heterocycles. The molecule has 10 aromatic rings. The number of hydrogen-bond acceptors (Lipinski definition) is 2. The van der Waals surface area contributed by atoms with Crippen molar-refractivity contribution in [1.82, 2.24) is 18.7 Å². The van der Waals surface area contributed by atoms with Crippen molar-refractivity contribution in [3.63, 3.8) is 0 Å². The van der Waals surface area contributed by atoms with Gasteiger partial charge in [0.15, 0.2) is 0 Å². The van der Waals surface area contributed by atoms with Crippen molar-refractivity contribution in [1.29, 1.82) is 0 Å². The van der Waals surface area contributed by atoms with Gasteiger partial charge in [0.1, 0.15) is 0 Å². The molecule has 1 aliphatic carbocycles. The van der Waals surface area contributed by atoms with E-state index >= 15 is 0 Å². The van der Waals surface area contributed by atoms with Gasteiger partial charge in [0.05, 0.1) is 0 Å². The van der Waals surface area contributed by atoms with Gasteiger partial charge in [0.2, 0.25) is 0 Å². The maximum atomic E-state index is 6.83. The summed E-state index contributed by atoms with van der Waals surface area (Å²) in [6.45, 7) is 6.74. The molecule has 0 N–H and O–H groups in total.